The lowest BCUT2D eigenvalue weighted by Crippen LogP contribution is -2.36. The molecule has 0 spiro atoms. The number of nitriles is 1. The highest BCUT2D eigenvalue weighted by Crippen LogP contribution is 2.29. The molecule has 0 bridgehead atoms. The Morgan fingerprint density at radius 2 is 1.69 bits per heavy atom. The molecule has 1 aliphatic heterocycles. The second-order valence-electron chi connectivity index (χ2n) is 9.15. The van der Waals surface area contributed by atoms with Crippen molar-refractivity contribution < 1.29 is 18.0 Å². The minimum absolute atomic E-state index is 0.198. The van der Waals surface area contributed by atoms with E-state index in [-0.39, 0.29) is 5.56 Å². The van der Waals surface area contributed by atoms with E-state index in [1.54, 1.807) is 19.1 Å². The van der Waals surface area contributed by atoms with Crippen molar-refractivity contribution in [1.29, 1.82) is 5.26 Å². The summed E-state index contributed by atoms with van der Waals surface area (Å²) in [6, 6.07) is 10.0. The lowest BCUT2D eigenvalue weighted by atomic mass is 9.91. The van der Waals surface area contributed by atoms with Crippen LogP contribution in [0, 0.1) is 47.5 Å². The number of hydrogen-bond acceptors (Lipinski definition) is 2. The Morgan fingerprint density at radius 1 is 1.06 bits per heavy atom. The molecule has 36 heavy (non-hydrogen) atoms. The van der Waals surface area contributed by atoms with Gasteiger partial charge in [0.15, 0.2) is 17.5 Å². The zero-order valence-corrected chi connectivity index (χ0v) is 22.9. The van der Waals surface area contributed by atoms with Gasteiger partial charge in [-0.25, -0.2) is 13.2 Å². The van der Waals surface area contributed by atoms with E-state index in [2.05, 4.69) is 32.6 Å². The molecule has 0 aliphatic carbocycles. The number of aryl methyl sites for hydroxylation is 2. The molecule has 1 heterocycles. The molecule has 1 fully saturated rings. The Labute approximate surface area is 219 Å². The number of rotatable bonds is 6. The minimum atomic E-state index is -1.38. The molecule has 2 aromatic carbocycles. The topological polar surface area (TPSA) is 44.1 Å². The van der Waals surface area contributed by atoms with Crippen LogP contribution in [0.25, 0.3) is 0 Å². The number of amides is 1. The first-order valence-corrected chi connectivity index (χ1v) is 13.0. The number of benzene rings is 2. The van der Waals surface area contributed by atoms with E-state index < -0.39 is 17.5 Å². The van der Waals surface area contributed by atoms with Crippen molar-refractivity contribution in [3.8, 4) is 6.07 Å². The third-order valence-corrected chi connectivity index (χ3v) is 7.07. The molecule has 198 valence electrons. The third kappa shape index (κ3) is 8.85. The van der Waals surface area contributed by atoms with Gasteiger partial charge < -0.3 is 4.90 Å². The molecule has 0 aromatic heterocycles. The molecular weight excluding hydrogens is 485 g/mol. The average Bonchev–Trinajstić information content (AvgIpc) is 3.25. The number of likely N-dealkylation sites (tertiary alicyclic amines) is 1. The fourth-order valence-corrected chi connectivity index (χ4v) is 4.38. The van der Waals surface area contributed by atoms with Gasteiger partial charge in [0.1, 0.15) is 6.07 Å². The molecule has 1 aliphatic rings. The van der Waals surface area contributed by atoms with Crippen LogP contribution < -0.4 is 0 Å². The zero-order valence-electron chi connectivity index (χ0n) is 22.2. The van der Waals surface area contributed by atoms with Gasteiger partial charge >= 0.3 is 0 Å². The molecule has 0 N–H and O–H groups in total. The molecule has 3 rings (SSSR count). The van der Waals surface area contributed by atoms with Crippen LogP contribution in [-0.4, -0.2) is 23.4 Å². The number of nitrogens with zero attached hydrogens (tertiary/aromatic N) is 2. The molecule has 7 heteroatoms. The number of halogens is 4. The molecule has 3 nitrogen and oxygen atoms in total. The highest BCUT2D eigenvalue weighted by atomic mass is 35.5. The fourth-order valence-electron chi connectivity index (χ4n) is 4.11. The van der Waals surface area contributed by atoms with Crippen molar-refractivity contribution in [2.45, 2.75) is 79.7 Å². The van der Waals surface area contributed by atoms with E-state index in [1.807, 2.05) is 19.1 Å². The molecule has 2 aromatic rings. The second kappa shape index (κ2) is 15.6. The van der Waals surface area contributed by atoms with Crippen LogP contribution in [0.4, 0.5) is 13.2 Å². The van der Waals surface area contributed by atoms with Crippen molar-refractivity contribution >= 4 is 17.5 Å². The van der Waals surface area contributed by atoms with Crippen molar-refractivity contribution in [3.63, 3.8) is 0 Å². The van der Waals surface area contributed by atoms with Gasteiger partial charge in [-0.1, -0.05) is 64.8 Å². The van der Waals surface area contributed by atoms with Crippen LogP contribution in [0.2, 0.25) is 5.02 Å². The quantitative estimate of drug-likeness (QED) is 0.358. The average molecular weight is 523 g/mol. The van der Waals surface area contributed by atoms with E-state index in [1.165, 1.54) is 12.5 Å². The van der Waals surface area contributed by atoms with Crippen molar-refractivity contribution in [1.82, 2.24) is 4.90 Å². The molecule has 2 atom stereocenters. The van der Waals surface area contributed by atoms with Crippen LogP contribution >= 0.6 is 11.6 Å². The van der Waals surface area contributed by atoms with Crippen LogP contribution in [0.3, 0.4) is 0 Å². The van der Waals surface area contributed by atoms with E-state index in [4.69, 9.17) is 16.9 Å². The monoisotopic (exact) mass is 522 g/mol. The number of carbonyl (C=O) groups is 1. The van der Waals surface area contributed by atoms with Gasteiger partial charge in [0.05, 0.1) is 10.6 Å². The van der Waals surface area contributed by atoms with Gasteiger partial charge in [-0.3, -0.25) is 4.79 Å². The molecule has 0 saturated carbocycles. The first-order chi connectivity index (χ1) is 17.0. The summed E-state index contributed by atoms with van der Waals surface area (Å²) in [5, 5.41) is 9.00. The van der Waals surface area contributed by atoms with Crippen molar-refractivity contribution in [2.24, 2.45) is 11.8 Å². The SMILES string of the molecule is CCC(C)C1CC(=O)N(C(CC)CC)C1.CCc1ccc(F)c(F)c1F.Cc1ccc(C#N)c(Cl)c1. The highest BCUT2D eigenvalue weighted by Gasteiger charge is 2.34. The number of hydrogen-bond donors (Lipinski definition) is 0. The van der Waals surface area contributed by atoms with Crippen LogP contribution in [0.15, 0.2) is 30.3 Å². The maximum atomic E-state index is 12.6. The maximum Gasteiger partial charge on any atom is 0.223 e. The Balaban J connectivity index is 0.000000277. The van der Waals surface area contributed by atoms with E-state index >= 15 is 0 Å². The highest BCUT2D eigenvalue weighted by molar-refractivity contribution is 6.31. The second-order valence-corrected chi connectivity index (χ2v) is 9.56. The predicted molar refractivity (Wildman–Crippen MR) is 140 cm³/mol. The lowest BCUT2D eigenvalue weighted by Gasteiger charge is -2.27. The van der Waals surface area contributed by atoms with Gasteiger partial charge in [0.25, 0.3) is 0 Å². The minimum Gasteiger partial charge on any atom is -0.339 e. The standard InChI is InChI=1S/C13H25NO.C8H6ClN.C8H7F3/c1-5-10(4)11-8-13(15)14(9-11)12(6-2)7-3;1-6-2-3-7(5-10)8(9)4-6;1-2-5-3-4-6(9)8(11)7(5)10/h10-12H,5-9H2,1-4H3;2-4H,1H3;3-4H,2H2,1H3. The van der Waals surface area contributed by atoms with Crippen molar-refractivity contribution in [2.75, 3.05) is 6.54 Å². The lowest BCUT2D eigenvalue weighted by molar-refractivity contribution is -0.129. The molecule has 2 unspecified atom stereocenters. The van der Waals surface area contributed by atoms with Crippen LogP contribution in [-0.2, 0) is 11.2 Å². The summed E-state index contributed by atoms with van der Waals surface area (Å²) in [5.41, 5.74) is 1.81. The summed E-state index contributed by atoms with van der Waals surface area (Å²) in [6.07, 6.45) is 4.52. The summed E-state index contributed by atoms with van der Waals surface area (Å²) in [5.74, 6) is -1.93. The third-order valence-electron chi connectivity index (χ3n) is 6.76. The largest absolute Gasteiger partial charge is 0.339 e. The number of carbonyl (C=O) groups excluding carboxylic acids is 1. The van der Waals surface area contributed by atoms with E-state index in [9.17, 15) is 18.0 Å². The summed E-state index contributed by atoms with van der Waals surface area (Å²) in [7, 11) is 0. The van der Waals surface area contributed by atoms with Gasteiger partial charge in [-0.15, -0.1) is 0 Å². The normalized spacial score (nSPS) is 15.6. The summed E-state index contributed by atoms with van der Waals surface area (Å²) in [4.78, 5) is 14.0. The first-order valence-electron chi connectivity index (χ1n) is 12.6. The molecule has 0 radical (unpaired) electrons. The van der Waals surface area contributed by atoms with E-state index in [0.717, 1.165) is 37.4 Å². The van der Waals surface area contributed by atoms with Crippen LogP contribution in [0.5, 0.6) is 0 Å². The van der Waals surface area contributed by atoms with Gasteiger partial charge in [-0.05, 0) is 67.3 Å². The molecule has 1 saturated heterocycles. The summed E-state index contributed by atoms with van der Waals surface area (Å²) in [6.45, 7) is 13.5. The van der Waals surface area contributed by atoms with Gasteiger partial charge in [0, 0.05) is 19.0 Å². The fraction of sp³-hybridized carbons (Fsp3) is 0.517. The summed E-state index contributed by atoms with van der Waals surface area (Å²) < 4.78 is 37.4. The van der Waals surface area contributed by atoms with Crippen molar-refractivity contribution in [3.05, 3.63) is 69.5 Å². The predicted octanol–water partition coefficient (Wildman–Crippen LogP) is 8.26. The molecular formula is C29H38ClF3N2O. The van der Waals surface area contributed by atoms with E-state index in [0.29, 0.717) is 40.8 Å². The molecule has 1 amide bonds. The Hall–Kier alpha value is -2.52. The van der Waals surface area contributed by atoms with Gasteiger partial charge in [-0.2, -0.15) is 5.26 Å². The van der Waals surface area contributed by atoms with Gasteiger partial charge in [0.2, 0.25) is 5.91 Å². The Kier molecular flexibility index (Phi) is 13.6. The zero-order chi connectivity index (χ0) is 27.4. The summed E-state index contributed by atoms with van der Waals surface area (Å²) >= 11 is 5.71. The maximum absolute atomic E-state index is 12.6. The Morgan fingerprint density at radius 3 is 2.19 bits per heavy atom. The first kappa shape index (κ1) is 31.5. The van der Waals surface area contributed by atoms with Crippen LogP contribution in [0.1, 0.15) is 77.0 Å². The Bertz CT molecular complexity index is 1030. The smallest absolute Gasteiger partial charge is 0.223 e.